The third kappa shape index (κ3) is 18.8. The largest absolute Gasteiger partial charge is 2.00 e. The smallest absolute Gasteiger partial charge is 1.00 e. The average Bonchev–Trinajstić information content (AvgIpc) is 2.10. The van der Waals surface area contributed by atoms with E-state index in [-0.39, 0.29) is 47.0 Å². The first-order valence-corrected chi connectivity index (χ1v) is 4.51. The van der Waals surface area contributed by atoms with Crippen molar-refractivity contribution in [3.8, 4) is 0 Å². The van der Waals surface area contributed by atoms with Gasteiger partial charge in [0.25, 0.3) is 0 Å². The van der Waals surface area contributed by atoms with Crippen LogP contribution in [-0.2, 0) is 9.47 Å². The standard InChI is InChI=1S/C10H19O2.HI.Mg/c1-3-5-6-7-9-12-10-11-8-4-2;;/h5-6H,1,3-4,7-10H2,2H3;1H;/q-1;;+2/p-1/b6-5-;;. The molecule has 0 spiro atoms. The maximum Gasteiger partial charge on any atom is 2.00 e. The SMILES string of the molecule is [CH2-]C/C=C\CCOCOCCC.[I-].[Mg+2]. The fourth-order valence-electron chi connectivity index (χ4n) is 0.708. The summed E-state index contributed by atoms with van der Waals surface area (Å²) >= 11 is 0. The minimum absolute atomic E-state index is 0. The molecule has 14 heavy (non-hydrogen) atoms. The zero-order valence-corrected chi connectivity index (χ0v) is 12.6. The van der Waals surface area contributed by atoms with Crippen molar-refractivity contribution in [2.75, 3.05) is 20.0 Å². The Morgan fingerprint density at radius 2 is 1.79 bits per heavy atom. The molecule has 0 aliphatic heterocycles. The molecule has 0 rings (SSSR count). The van der Waals surface area contributed by atoms with Crippen molar-refractivity contribution in [3.05, 3.63) is 19.1 Å². The summed E-state index contributed by atoms with van der Waals surface area (Å²) < 4.78 is 10.3. The first-order valence-electron chi connectivity index (χ1n) is 4.51. The molecule has 0 aromatic carbocycles. The molecule has 4 heteroatoms. The Kier molecular flexibility index (Phi) is 28.9. The molecule has 0 heterocycles. The molecular formula is C10H19IMgO2. The Bertz CT molecular complexity index is 110. The van der Waals surface area contributed by atoms with Crippen LogP contribution in [0.4, 0.5) is 0 Å². The van der Waals surface area contributed by atoms with Crippen molar-refractivity contribution in [2.24, 2.45) is 0 Å². The second kappa shape index (κ2) is 19.7. The third-order valence-electron chi connectivity index (χ3n) is 1.28. The molecule has 2 nitrogen and oxygen atoms in total. The van der Waals surface area contributed by atoms with E-state index in [2.05, 4.69) is 19.9 Å². The van der Waals surface area contributed by atoms with Crippen LogP contribution in [0.2, 0.25) is 0 Å². The number of rotatable bonds is 8. The Balaban J connectivity index is -0.000000605. The van der Waals surface area contributed by atoms with E-state index < -0.39 is 0 Å². The summed E-state index contributed by atoms with van der Waals surface area (Å²) in [6.07, 6.45) is 6.96. The molecule has 0 aromatic heterocycles. The van der Waals surface area contributed by atoms with Gasteiger partial charge < -0.3 is 40.4 Å². The van der Waals surface area contributed by atoms with Crippen molar-refractivity contribution in [1.82, 2.24) is 0 Å². The maximum atomic E-state index is 5.19. The Labute approximate surface area is 121 Å². The van der Waals surface area contributed by atoms with E-state index in [9.17, 15) is 0 Å². The van der Waals surface area contributed by atoms with Crippen LogP contribution in [0.5, 0.6) is 0 Å². The number of hydrogen-bond donors (Lipinski definition) is 0. The molecule has 0 atom stereocenters. The van der Waals surface area contributed by atoms with Crippen LogP contribution in [0, 0.1) is 6.92 Å². The summed E-state index contributed by atoms with van der Waals surface area (Å²) in [4.78, 5) is 0. The summed E-state index contributed by atoms with van der Waals surface area (Å²) in [5.74, 6) is 0. The van der Waals surface area contributed by atoms with E-state index in [0.29, 0.717) is 6.79 Å². The van der Waals surface area contributed by atoms with Gasteiger partial charge in [-0.25, -0.2) is 0 Å². The molecule has 0 saturated carbocycles. The van der Waals surface area contributed by atoms with Gasteiger partial charge in [0.05, 0.1) is 6.61 Å². The van der Waals surface area contributed by atoms with Gasteiger partial charge in [-0.05, 0) is 12.8 Å². The molecule has 0 radical (unpaired) electrons. The van der Waals surface area contributed by atoms with Crippen LogP contribution in [-0.4, -0.2) is 43.1 Å². The maximum absolute atomic E-state index is 5.19. The van der Waals surface area contributed by atoms with Gasteiger partial charge in [-0.15, -0.1) is 6.08 Å². The zero-order chi connectivity index (χ0) is 9.07. The minimum Gasteiger partial charge on any atom is -1.00 e. The summed E-state index contributed by atoms with van der Waals surface area (Å²) in [6, 6.07) is 0. The fraction of sp³-hybridized carbons (Fsp3) is 0.700. The normalized spacial score (nSPS) is 9.57. The van der Waals surface area contributed by atoms with E-state index in [4.69, 9.17) is 9.47 Å². The van der Waals surface area contributed by atoms with Crippen LogP contribution in [0.25, 0.3) is 0 Å². The fourth-order valence-corrected chi connectivity index (χ4v) is 0.708. The van der Waals surface area contributed by atoms with Crippen LogP contribution >= 0.6 is 0 Å². The molecule has 0 bridgehead atoms. The van der Waals surface area contributed by atoms with Gasteiger partial charge in [-0.2, -0.15) is 6.42 Å². The number of allylic oxidation sites excluding steroid dienone is 1. The summed E-state index contributed by atoms with van der Waals surface area (Å²) in [7, 11) is 0. The molecule has 0 unspecified atom stereocenters. The van der Waals surface area contributed by atoms with E-state index in [0.717, 1.165) is 32.5 Å². The van der Waals surface area contributed by atoms with Gasteiger partial charge in [0.15, 0.2) is 0 Å². The number of ether oxygens (including phenoxy) is 2. The van der Waals surface area contributed by atoms with Crippen molar-refractivity contribution in [2.45, 2.75) is 26.2 Å². The summed E-state index contributed by atoms with van der Waals surface area (Å²) in [5, 5.41) is 0. The second-order valence-electron chi connectivity index (χ2n) is 2.48. The predicted octanol–water partition coefficient (Wildman–Crippen LogP) is -0.819. The minimum atomic E-state index is 0. The summed E-state index contributed by atoms with van der Waals surface area (Å²) in [5.41, 5.74) is 0. The molecule has 80 valence electrons. The van der Waals surface area contributed by atoms with Crippen molar-refractivity contribution in [3.63, 3.8) is 0 Å². The molecule has 0 N–H and O–H groups in total. The van der Waals surface area contributed by atoms with Crippen LogP contribution in [0.15, 0.2) is 12.2 Å². The predicted molar refractivity (Wildman–Crippen MR) is 56.5 cm³/mol. The van der Waals surface area contributed by atoms with Crippen LogP contribution in [0.1, 0.15) is 26.2 Å². The van der Waals surface area contributed by atoms with Crippen LogP contribution < -0.4 is 24.0 Å². The Morgan fingerprint density at radius 3 is 2.36 bits per heavy atom. The van der Waals surface area contributed by atoms with Gasteiger partial charge in [0.1, 0.15) is 6.79 Å². The molecule has 0 aliphatic carbocycles. The van der Waals surface area contributed by atoms with E-state index in [1.165, 1.54) is 0 Å². The molecule has 0 saturated heterocycles. The quantitative estimate of drug-likeness (QED) is 0.145. The first-order chi connectivity index (χ1) is 5.91. The summed E-state index contributed by atoms with van der Waals surface area (Å²) in [6.45, 7) is 7.72. The average molecular weight is 322 g/mol. The molecule has 0 fully saturated rings. The van der Waals surface area contributed by atoms with Crippen molar-refractivity contribution < 1.29 is 33.5 Å². The van der Waals surface area contributed by atoms with Gasteiger partial charge >= 0.3 is 23.1 Å². The number of halogens is 1. The first kappa shape index (κ1) is 20.6. The molecule has 0 aromatic rings. The molecular weight excluding hydrogens is 303 g/mol. The topological polar surface area (TPSA) is 18.5 Å². The molecule has 0 amide bonds. The van der Waals surface area contributed by atoms with Crippen molar-refractivity contribution >= 4 is 23.1 Å². The zero-order valence-electron chi connectivity index (χ0n) is 9.01. The Morgan fingerprint density at radius 1 is 1.14 bits per heavy atom. The van der Waals surface area contributed by atoms with Gasteiger partial charge in [-0.1, -0.05) is 13.0 Å². The number of hydrogen-bond acceptors (Lipinski definition) is 2. The monoisotopic (exact) mass is 322 g/mol. The van der Waals surface area contributed by atoms with Gasteiger partial charge in [0.2, 0.25) is 0 Å². The van der Waals surface area contributed by atoms with Gasteiger partial charge in [-0.3, -0.25) is 0 Å². The molecule has 0 aliphatic rings. The van der Waals surface area contributed by atoms with Crippen LogP contribution in [0.3, 0.4) is 0 Å². The third-order valence-corrected chi connectivity index (χ3v) is 1.28. The van der Waals surface area contributed by atoms with Crippen molar-refractivity contribution in [1.29, 1.82) is 0 Å². The second-order valence-corrected chi connectivity index (χ2v) is 2.48. The Hall–Kier alpha value is 1.16. The van der Waals surface area contributed by atoms with E-state index in [1.54, 1.807) is 0 Å². The van der Waals surface area contributed by atoms with E-state index >= 15 is 0 Å². The van der Waals surface area contributed by atoms with E-state index in [1.807, 2.05) is 6.08 Å². The van der Waals surface area contributed by atoms with Gasteiger partial charge in [0, 0.05) is 6.61 Å².